The van der Waals surface area contributed by atoms with Crippen molar-refractivity contribution in [2.24, 2.45) is 0 Å². The van der Waals surface area contributed by atoms with Crippen molar-refractivity contribution in [3.63, 3.8) is 0 Å². The molecule has 2 aliphatic rings. The van der Waals surface area contributed by atoms with Crippen LogP contribution in [0.15, 0.2) is 47.3 Å². The van der Waals surface area contributed by atoms with Crippen molar-refractivity contribution in [1.82, 2.24) is 9.80 Å². The number of amides is 2. The average Bonchev–Trinajstić information content (AvgIpc) is 3.22. The van der Waals surface area contributed by atoms with E-state index in [0.717, 1.165) is 5.56 Å². The number of fused-ring (bicyclic) bond motifs is 1. The van der Waals surface area contributed by atoms with Gasteiger partial charge < -0.3 is 19.0 Å². The molecule has 2 amide bonds. The Morgan fingerprint density at radius 2 is 1.74 bits per heavy atom. The normalized spacial score (nSPS) is 22.2. The lowest BCUT2D eigenvalue weighted by atomic mass is 9.88. The van der Waals surface area contributed by atoms with Crippen molar-refractivity contribution in [1.29, 1.82) is 0 Å². The molecule has 0 radical (unpaired) electrons. The lowest BCUT2D eigenvalue weighted by molar-refractivity contribution is -0.152. The second-order valence-corrected chi connectivity index (χ2v) is 7.05. The Labute approximate surface area is 156 Å². The maximum Gasteiger partial charge on any atom is 0.339 e. The molecule has 0 N–H and O–H groups in total. The van der Waals surface area contributed by atoms with Crippen LogP contribution in [0.25, 0.3) is 0 Å². The predicted octanol–water partition coefficient (Wildman–Crippen LogP) is 1.74. The number of furan rings is 1. The van der Waals surface area contributed by atoms with Crippen LogP contribution >= 0.6 is 0 Å². The molecule has 140 valence electrons. The minimum atomic E-state index is -1.22. The number of esters is 1. The highest BCUT2D eigenvalue weighted by atomic mass is 16.6. The van der Waals surface area contributed by atoms with E-state index in [1.165, 1.54) is 12.5 Å². The largest absolute Gasteiger partial charge is 0.472 e. The Bertz CT molecular complexity index is 884. The Hall–Kier alpha value is -3.09. The van der Waals surface area contributed by atoms with Crippen molar-refractivity contribution >= 4 is 17.8 Å². The summed E-state index contributed by atoms with van der Waals surface area (Å²) in [5.74, 6) is -0.803. The summed E-state index contributed by atoms with van der Waals surface area (Å²) in [6, 6.07) is 8.81. The second-order valence-electron chi connectivity index (χ2n) is 7.05. The molecule has 2 aromatic rings. The fraction of sp³-hybridized carbons (Fsp3) is 0.350. The fourth-order valence-electron chi connectivity index (χ4n) is 3.67. The monoisotopic (exact) mass is 368 g/mol. The van der Waals surface area contributed by atoms with E-state index in [4.69, 9.17) is 9.15 Å². The summed E-state index contributed by atoms with van der Waals surface area (Å²) >= 11 is 0. The highest BCUT2D eigenvalue weighted by molar-refractivity contribution is 5.98. The van der Waals surface area contributed by atoms with E-state index in [1.54, 1.807) is 34.9 Å². The van der Waals surface area contributed by atoms with Gasteiger partial charge in [0.15, 0.2) is 5.60 Å². The van der Waals surface area contributed by atoms with Gasteiger partial charge in [0, 0.05) is 32.6 Å². The number of hydrogen-bond acceptors (Lipinski definition) is 5. The van der Waals surface area contributed by atoms with Gasteiger partial charge in [-0.25, -0.2) is 4.79 Å². The Balaban J connectivity index is 1.44. The first-order valence-corrected chi connectivity index (χ1v) is 8.90. The zero-order chi connectivity index (χ0) is 19.0. The number of nitrogens with zero attached hydrogens (tertiary/aromatic N) is 2. The van der Waals surface area contributed by atoms with E-state index in [0.29, 0.717) is 43.7 Å². The maximum absolute atomic E-state index is 13.1. The number of carbonyl (C=O) groups excluding carboxylic acids is 3. The molecule has 0 bridgehead atoms. The van der Waals surface area contributed by atoms with Crippen molar-refractivity contribution in [3.05, 3.63) is 59.5 Å². The van der Waals surface area contributed by atoms with Crippen LogP contribution in [0.5, 0.6) is 0 Å². The standard InChI is InChI=1S/C20H20N2O5/c1-20(12-14-4-2-3-5-16(14)18(24)27-20)19(25)22-9-7-21(8-10-22)17(23)15-6-11-26-13-15/h2-6,11,13H,7-10,12H2,1H3. The highest BCUT2D eigenvalue weighted by Crippen LogP contribution is 2.30. The quantitative estimate of drug-likeness (QED) is 0.755. The van der Waals surface area contributed by atoms with Crippen LogP contribution in [0.2, 0.25) is 0 Å². The van der Waals surface area contributed by atoms with Crippen LogP contribution in [0.1, 0.15) is 33.2 Å². The summed E-state index contributed by atoms with van der Waals surface area (Å²) in [6.45, 7) is 3.31. The summed E-state index contributed by atoms with van der Waals surface area (Å²) < 4.78 is 10.5. The van der Waals surface area contributed by atoms with Gasteiger partial charge in [0.25, 0.3) is 11.8 Å². The van der Waals surface area contributed by atoms with E-state index in [9.17, 15) is 14.4 Å². The lowest BCUT2D eigenvalue weighted by Crippen LogP contribution is -2.58. The molecular weight excluding hydrogens is 348 g/mol. The molecule has 1 aromatic carbocycles. The van der Waals surface area contributed by atoms with Gasteiger partial charge in [0.05, 0.1) is 17.4 Å². The smallest absolute Gasteiger partial charge is 0.339 e. The molecule has 7 heteroatoms. The van der Waals surface area contributed by atoms with Gasteiger partial charge >= 0.3 is 5.97 Å². The summed E-state index contributed by atoms with van der Waals surface area (Å²) in [5.41, 5.74) is 0.610. The van der Waals surface area contributed by atoms with E-state index in [-0.39, 0.29) is 11.8 Å². The molecule has 1 saturated heterocycles. The summed E-state index contributed by atoms with van der Waals surface area (Å²) in [6.07, 6.45) is 3.23. The van der Waals surface area contributed by atoms with Gasteiger partial charge in [-0.1, -0.05) is 18.2 Å². The van der Waals surface area contributed by atoms with Crippen LogP contribution in [-0.2, 0) is 16.0 Å². The molecule has 3 heterocycles. The third-order valence-corrected chi connectivity index (χ3v) is 5.16. The molecule has 0 aliphatic carbocycles. The van der Waals surface area contributed by atoms with Gasteiger partial charge in [-0.15, -0.1) is 0 Å². The first-order chi connectivity index (χ1) is 13.0. The van der Waals surface area contributed by atoms with Gasteiger partial charge in [0.1, 0.15) is 6.26 Å². The van der Waals surface area contributed by atoms with Gasteiger partial charge in [-0.2, -0.15) is 0 Å². The number of piperazine rings is 1. The second kappa shape index (κ2) is 6.57. The Kier molecular flexibility index (Phi) is 4.22. The van der Waals surface area contributed by atoms with E-state index in [1.807, 2.05) is 12.1 Å². The minimum Gasteiger partial charge on any atom is -0.472 e. The molecule has 27 heavy (non-hydrogen) atoms. The molecule has 0 saturated carbocycles. The molecule has 1 aromatic heterocycles. The number of carbonyl (C=O) groups is 3. The number of benzene rings is 1. The Morgan fingerprint density at radius 3 is 2.44 bits per heavy atom. The van der Waals surface area contributed by atoms with Crippen LogP contribution in [0, 0.1) is 0 Å². The van der Waals surface area contributed by atoms with Crippen LogP contribution in [0.4, 0.5) is 0 Å². The average molecular weight is 368 g/mol. The number of hydrogen-bond donors (Lipinski definition) is 0. The molecule has 2 aliphatic heterocycles. The SMILES string of the molecule is CC1(C(=O)N2CCN(C(=O)c3ccoc3)CC2)Cc2ccccc2C(=O)O1. The molecule has 1 unspecified atom stereocenters. The van der Waals surface area contributed by atoms with E-state index < -0.39 is 11.6 Å². The summed E-state index contributed by atoms with van der Waals surface area (Å²) in [5, 5.41) is 0. The lowest BCUT2D eigenvalue weighted by Gasteiger charge is -2.40. The van der Waals surface area contributed by atoms with Crippen molar-refractivity contribution < 1.29 is 23.5 Å². The molecule has 1 atom stereocenters. The van der Waals surface area contributed by atoms with Crippen LogP contribution < -0.4 is 0 Å². The predicted molar refractivity (Wildman–Crippen MR) is 95.2 cm³/mol. The van der Waals surface area contributed by atoms with Gasteiger partial charge in [0.2, 0.25) is 0 Å². The molecule has 4 rings (SSSR count). The first-order valence-electron chi connectivity index (χ1n) is 8.90. The minimum absolute atomic E-state index is 0.111. The van der Waals surface area contributed by atoms with Crippen molar-refractivity contribution in [2.75, 3.05) is 26.2 Å². The Morgan fingerprint density at radius 1 is 1.04 bits per heavy atom. The van der Waals surface area contributed by atoms with E-state index in [2.05, 4.69) is 0 Å². The van der Waals surface area contributed by atoms with Crippen LogP contribution in [-0.4, -0.2) is 59.4 Å². The summed E-state index contributed by atoms with van der Waals surface area (Å²) in [4.78, 5) is 41.1. The van der Waals surface area contributed by atoms with Gasteiger partial charge in [-0.3, -0.25) is 9.59 Å². The third kappa shape index (κ3) is 3.09. The molecular formula is C20H20N2O5. The maximum atomic E-state index is 13.1. The molecule has 1 fully saturated rings. The third-order valence-electron chi connectivity index (χ3n) is 5.16. The zero-order valence-corrected chi connectivity index (χ0v) is 15.0. The number of ether oxygens (including phenoxy) is 1. The topological polar surface area (TPSA) is 80.1 Å². The van der Waals surface area contributed by atoms with Crippen molar-refractivity contribution in [2.45, 2.75) is 18.9 Å². The summed E-state index contributed by atoms with van der Waals surface area (Å²) in [7, 11) is 0. The molecule has 0 spiro atoms. The number of cyclic esters (lactones) is 1. The zero-order valence-electron chi connectivity index (χ0n) is 15.0. The number of rotatable bonds is 2. The first kappa shape index (κ1) is 17.3. The highest BCUT2D eigenvalue weighted by Gasteiger charge is 2.45. The van der Waals surface area contributed by atoms with Crippen LogP contribution in [0.3, 0.4) is 0 Å². The van der Waals surface area contributed by atoms with E-state index >= 15 is 0 Å². The van der Waals surface area contributed by atoms with Gasteiger partial charge in [-0.05, 0) is 24.6 Å². The fourth-order valence-corrected chi connectivity index (χ4v) is 3.67. The van der Waals surface area contributed by atoms with Crippen molar-refractivity contribution in [3.8, 4) is 0 Å². The molecule has 7 nitrogen and oxygen atoms in total.